The molecule has 0 aromatic heterocycles. The fraction of sp³-hybridized carbons (Fsp3) is 0.0625. The van der Waals surface area contributed by atoms with Gasteiger partial charge in [-0.3, -0.25) is 14.9 Å². The number of Topliss-reactive ketones (excluding diaryl/α,β-unsaturated/α-hetero) is 1. The lowest BCUT2D eigenvalue weighted by atomic mass is 10.1. The molecule has 0 fully saturated rings. The van der Waals surface area contributed by atoms with Gasteiger partial charge in [0.25, 0.3) is 0 Å². The van der Waals surface area contributed by atoms with E-state index < -0.39 is 4.92 Å². The minimum absolute atomic E-state index is 0.0564. The molecule has 0 atom stereocenters. The number of fused-ring (bicyclic) bond motifs is 1. The predicted molar refractivity (Wildman–Crippen MR) is 84.3 cm³/mol. The van der Waals surface area contributed by atoms with Crippen LogP contribution in [-0.4, -0.2) is 17.8 Å². The maximum Gasteiger partial charge on any atom is 0.311 e. The number of hydrogen-bond acceptors (Lipinski definition) is 5. The van der Waals surface area contributed by atoms with Crippen molar-refractivity contribution in [3.63, 3.8) is 0 Å². The highest BCUT2D eigenvalue weighted by atomic mass is 32.2. The fourth-order valence-electron chi connectivity index (χ4n) is 2.23. The summed E-state index contributed by atoms with van der Waals surface area (Å²) in [6, 6.07) is 12.0. The van der Waals surface area contributed by atoms with Crippen molar-refractivity contribution in [3.05, 3.63) is 68.6 Å². The van der Waals surface area contributed by atoms with Gasteiger partial charge < -0.3 is 4.74 Å². The summed E-state index contributed by atoms with van der Waals surface area (Å²) in [4.78, 5) is 24.3. The van der Waals surface area contributed by atoms with Crippen LogP contribution >= 0.6 is 11.8 Å². The number of nitro benzene ring substituents is 1. The van der Waals surface area contributed by atoms with Gasteiger partial charge in [-0.2, -0.15) is 0 Å². The molecule has 0 saturated carbocycles. The Morgan fingerprint density at radius 3 is 2.68 bits per heavy atom. The minimum Gasteiger partial charge on any atom is -0.490 e. The third-order valence-electron chi connectivity index (χ3n) is 3.27. The summed E-state index contributed by atoms with van der Waals surface area (Å²) < 4.78 is 4.97. The summed E-state index contributed by atoms with van der Waals surface area (Å²) in [5, 5.41) is 11.0. The Balaban J connectivity index is 1.99. The molecule has 3 rings (SSSR count). The highest BCUT2D eigenvalue weighted by Crippen LogP contribution is 2.41. The summed E-state index contributed by atoms with van der Waals surface area (Å²) >= 11 is 1.37. The number of benzene rings is 2. The number of nitrogens with zero attached hydrogens (tertiary/aromatic N) is 1. The van der Waals surface area contributed by atoms with Gasteiger partial charge in [0, 0.05) is 16.5 Å². The van der Waals surface area contributed by atoms with E-state index in [1.807, 2.05) is 18.2 Å². The van der Waals surface area contributed by atoms with Gasteiger partial charge >= 0.3 is 5.69 Å². The number of methoxy groups -OCH3 is 1. The molecule has 0 bridgehead atoms. The molecule has 2 aromatic carbocycles. The third-order valence-corrected chi connectivity index (χ3v) is 4.37. The van der Waals surface area contributed by atoms with Crippen LogP contribution in [0.15, 0.2) is 52.3 Å². The Labute approximate surface area is 130 Å². The summed E-state index contributed by atoms with van der Waals surface area (Å²) in [5.41, 5.74) is 1.14. The van der Waals surface area contributed by atoms with E-state index in [0.717, 1.165) is 4.90 Å². The molecule has 2 aromatic rings. The van der Waals surface area contributed by atoms with E-state index in [1.54, 1.807) is 18.2 Å². The first kappa shape index (κ1) is 14.3. The van der Waals surface area contributed by atoms with E-state index in [4.69, 9.17) is 4.74 Å². The second kappa shape index (κ2) is 5.65. The van der Waals surface area contributed by atoms with Gasteiger partial charge in [-0.25, -0.2) is 0 Å². The zero-order chi connectivity index (χ0) is 15.7. The summed E-state index contributed by atoms with van der Waals surface area (Å²) in [6.45, 7) is 0. The molecule has 0 spiro atoms. The molecular formula is C16H11NO4S. The predicted octanol–water partition coefficient (Wildman–Crippen LogP) is 3.93. The lowest BCUT2D eigenvalue weighted by Gasteiger charge is -2.02. The van der Waals surface area contributed by atoms with E-state index in [1.165, 1.54) is 31.0 Å². The number of nitro groups is 1. The molecule has 0 aliphatic carbocycles. The standard InChI is InChI=1S/C16H11NO4S/c1-21-13-7-6-10(8-12(13)17(19)20)9-15-16(18)11-4-2-3-5-14(11)22-15/h2-9H,1H3/b15-9+. The van der Waals surface area contributed by atoms with Crippen LogP contribution in [0.1, 0.15) is 15.9 Å². The molecule has 0 unspecified atom stereocenters. The summed E-state index contributed by atoms with van der Waals surface area (Å²) in [6.07, 6.45) is 1.67. The lowest BCUT2D eigenvalue weighted by molar-refractivity contribution is -0.385. The van der Waals surface area contributed by atoms with Gasteiger partial charge in [-0.05, 0) is 29.8 Å². The van der Waals surface area contributed by atoms with Crippen molar-refractivity contribution in [1.82, 2.24) is 0 Å². The normalized spacial score (nSPS) is 15.0. The molecule has 0 N–H and O–H groups in total. The van der Waals surface area contributed by atoms with Gasteiger partial charge in [0.15, 0.2) is 5.75 Å². The smallest absolute Gasteiger partial charge is 0.311 e. The van der Waals surface area contributed by atoms with Gasteiger partial charge in [0.05, 0.1) is 16.9 Å². The second-order valence-electron chi connectivity index (χ2n) is 4.62. The van der Waals surface area contributed by atoms with Crippen LogP contribution in [-0.2, 0) is 0 Å². The highest BCUT2D eigenvalue weighted by Gasteiger charge is 2.25. The van der Waals surface area contributed by atoms with Crippen molar-refractivity contribution < 1.29 is 14.5 Å². The van der Waals surface area contributed by atoms with Crippen LogP contribution in [0.25, 0.3) is 6.08 Å². The molecule has 6 heteroatoms. The number of carbonyl (C=O) groups is 1. The molecule has 0 saturated heterocycles. The Morgan fingerprint density at radius 2 is 2.00 bits per heavy atom. The number of thioether (sulfide) groups is 1. The fourth-order valence-corrected chi connectivity index (χ4v) is 3.28. The van der Waals surface area contributed by atoms with Crippen molar-refractivity contribution >= 4 is 29.3 Å². The zero-order valence-electron chi connectivity index (χ0n) is 11.6. The van der Waals surface area contributed by atoms with E-state index in [-0.39, 0.29) is 17.2 Å². The van der Waals surface area contributed by atoms with E-state index >= 15 is 0 Å². The molecule has 0 amide bonds. The lowest BCUT2D eigenvalue weighted by Crippen LogP contribution is -1.95. The van der Waals surface area contributed by atoms with E-state index in [0.29, 0.717) is 16.0 Å². The number of allylic oxidation sites excluding steroid dienone is 1. The average molecular weight is 313 g/mol. The molecule has 110 valence electrons. The van der Waals surface area contributed by atoms with Crippen molar-refractivity contribution in [2.24, 2.45) is 0 Å². The maximum absolute atomic E-state index is 12.3. The first-order valence-electron chi connectivity index (χ1n) is 6.46. The molecule has 22 heavy (non-hydrogen) atoms. The number of hydrogen-bond donors (Lipinski definition) is 0. The Morgan fingerprint density at radius 1 is 1.23 bits per heavy atom. The number of ketones is 1. The van der Waals surface area contributed by atoms with Crippen molar-refractivity contribution in [2.75, 3.05) is 7.11 Å². The van der Waals surface area contributed by atoms with Crippen LogP contribution in [0.4, 0.5) is 5.69 Å². The van der Waals surface area contributed by atoms with Gasteiger partial charge in [-0.15, -0.1) is 0 Å². The molecule has 1 heterocycles. The topological polar surface area (TPSA) is 69.4 Å². The summed E-state index contributed by atoms with van der Waals surface area (Å²) in [7, 11) is 1.38. The Kier molecular flexibility index (Phi) is 3.68. The molecular weight excluding hydrogens is 302 g/mol. The third kappa shape index (κ3) is 2.48. The monoisotopic (exact) mass is 313 g/mol. The van der Waals surface area contributed by atoms with Crippen LogP contribution in [0.3, 0.4) is 0 Å². The van der Waals surface area contributed by atoms with Crippen molar-refractivity contribution in [1.29, 1.82) is 0 Å². The second-order valence-corrected chi connectivity index (χ2v) is 5.71. The molecule has 5 nitrogen and oxygen atoms in total. The van der Waals surface area contributed by atoms with Crippen LogP contribution < -0.4 is 4.74 Å². The highest BCUT2D eigenvalue weighted by molar-refractivity contribution is 8.04. The van der Waals surface area contributed by atoms with Gasteiger partial charge in [-0.1, -0.05) is 30.0 Å². The number of ether oxygens (including phenoxy) is 1. The van der Waals surface area contributed by atoms with Gasteiger partial charge in [0.1, 0.15) is 0 Å². The number of rotatable bonds is 3. The largest absolute Gasteiger partial charge is 0.490 e. The minimum atomic E-state index is -0.501. The van der Waals surface area contributed by atoms with E-state index in [2.05, 4.69) is 0 Å². The summed E-state index contributed by atoms with van der Waals surface area (Å²) in [5.74, 6) is 0.139. The first-order valence-corrected chi connectivity index (χ1v) is 7.27. The Bertz CT molecular complexity index is 814. The van der Waals surface area contributed by atoms with Crippen LogP contribution in [0, 0.1) is 10.1 Å². The van der Waals surface area contributed by atoms with Crippen LogP contribution in [0.2, 0.25) is 0 Å². The van der Waals surface area contributed by atoms with Crippen LogP contribution in [0.5, 0.6) is 5.75 Å². The van der Waals surface area contributed by atoms with E-state index in [9.17, 15) is 14.9 Å². The van der Waals surface area contributed by atoms with Crippen molar-refractivity contribution in [2.45, 2.75) is 4.90 Å². The SMILES string of the molecule is COc1ccc(/C=C2/Sc3ccccc3C2=O)cc1[N+](=O)[O-]. The van der Waals surface area contributed by atoms with Gasteiger partial charge in [0.2, 0.25) is 5.78 Å². The van der Waals surface area contributed by atoms with Crippen molar-refractivity contribution in [3.8, 4) is 5.75 Å². The molecule has 1 aliphatic heterocycles. The average Bonchev–Trinajstić information content (AvgIpc) is 2.84. The molecule has 0 radical (unpaired) electrons. The molecule has 1 aliphatic rings. The quantitative estimate of drug-likeness (QED) is 0.488. The Hall–Kier alpha value is -2.60. The number of carbonyl (C=O) groups excluding carboxylic acids is 1. The first-order chi connectivity index (χ1) is 10.6. The maximum atomic E-state index is 12.3. The zero-order valence-corrected chi connectivity index (χ0v) is 12.4.